The van der Waals surface area contributed by atoms with Gasteiger partial charge in [0.15, 0.2) is 0 Å². The van der Waals surface area contributed by atoms with Crippen molar-refractivity contribution in [3.63, 3.8) is 0 Å². The first kappa shape index (κ1) is 13.4. The van der Waals surface area contributed by atoms with Crippen LogP contribution in [0.3, 0.4) is 0 Å². The molecule has 90 valence electrons. The lowest BCUT2D eigenvalue weighted by Crippen LogP contribution is -1.88. The third-order valence-corrected chi connectivity index (χ3v) is 2.41. The van der Waals surface area contributed by atoms with E-state index in [1.807, 2.05) is 13.0 Å². The highest BCUT2D eigenvalue weighted by Gasteiger charge is 1.95. The van der Waals surface area contributed by atoms with E-state index in [-0.39, 0.29) is 5.82 Å². The number of rotatable bonds is 5. The van der Waals surface area contributed by atoms with Crippen LogP contribution in [0.1, 0.15) is 26.7 Å². The molecule has 2 heteroatoms. The summed E-state index contributed by atoms with van der Waals surface area (Å²) in [5.74, 6) is -0.238. The van der Waals surface area contributed by atoms with Gasteiger partial charge in [-0.15, -0.1) is 6.58 Å². The van der Waals surface area contributed by atoms with E-state index in [2.05, 4.69) is 24.6 Å². The Morgan fingerprint density at radius 2 is 2.00 bits per heavy atom. The Labute approximate surface area is 102 Å². The fourth-order valence-corrected chi connectivity index (χ4v) is 1.54. The molecule has 0 atom stereocenters. The van der Waals surface area contributed by atoms with Gasteiger partial charge in [0, 0.05) is 5.71 Å². The van der Waals surface area contributed by atoms with E-state index >= 15 is 0 Å². The molecule has 0 N–H and O–H groups in total. The molecule has 0 spiro atoms. The van der Waals surface area contributed by atoms with Gasteiger partial charge in [-0.3, -0.25) is 4.99 Å². The normalized spacial score (nSPS) is 12.6. The molecule has 0 aliphatic carbocycles. The van der Waals surface area contributed by atoms with Gasteiger partial charge in [-0.2, -0.15) is 0 Å². The quantitative estimate of drug-likeness (QED) is 0.508. The molecule has 0 amide bonds. The van der Waals surface area contributed by atoms with E-state index in [1.54, 1.807) is 12.1 Å². The molecule has 0 fully saturated rings. The SMILES string of the molecule is C=CCC(=CC(C)=Nc1ccc(F)cc1)CC. The van der Waals surface area contributed by atoms with E-state index in [0.29, 0.717) is 0 Å². The highest BCUT2D eigenvalue weighted by Crippen LogP contribution is 2.14. The van der Waals surface area contributed by atoms with Crippen LogP contribution in [-0.4, -0.2) is 5.71 Å². The summed E-state index contributed by atoms with van der Waals surface area (Å²) < 4.78 is 12.7. The molecule has 0 radical (unpaired) electrons. The third-order valence-electron chi connectivity index (χ3n) is 2.41. The second-order valence-electron chi connectivity index (χ2n) is 3.88. The number of benzene rings is 1. The Morgan fingerprint density at radius 3 is 2.53 bits per heavy atom. The molecule has 17 heavy (non-hydrogen) atoms. The zero-order valence-electron chi connectivity index (χ0n) is 10.4. The zero-order valence-corrected chi connectivity index (χ0v) is 10.4. The fourth-order valence-electron chi connectivity index (χ4n) is 1.54. The van der Waals surface area contributed by atoms with Gasteiger partial charge in [0.1, 0.15) is 5.82 Å². The number of aliphatic imine (C=N–C) groups is 1. The number of hydrogen-bond acceptors (Lipinski definition) is 1. The Hall–Kier alpha value is -1.70. The summed E-state index contributed by atoms with van der Waals surface area (Å²) in [6, 6.07) is 6.18. The van der Waals surface area contributed by atoms with Crippen molar-refractivity contribution in [3.05, 3.63) is 54.4 Å². The second kappa shape index (κ2) is 6.79. The van der Waals surface area contributed by atoms with Crippen molar-refractivity contribution in [1.29, 1.82) is 0 Å². The third kappa shape index (κ3) is 4.77. The summed E-state index contributed by atoms with van der Waals surface area (Å²) in [5.41, 5.74) is 2.99. The highest BCUT2D eigenvalue weighted by atomic mass is 19.1. The van der Waals surface area contributed by atoms with E-state index in [0.717, 1.165) is 24.2 Å². The highest BCUT2D eigenvalue weighted by molar-refractivity contribution is 5.95. The van der Waals surface area contributed by atoms with Crippen molar-refractivity contribution in [2.24, 2.45) is 4.99 Å². The molecule has 0 aliphatic rings. The van der Waals surface area contributed by atoms with Gasteiger partial charge in [0.25, 0.3) is 0 Å². The topological polar surface area (TPSA) is 12.4 Å². The summed E-state index contributed by atoms with van der Waals surface area (Å²) in [7, 11) is 0. The summed E-state index contributed by atoms with van der Waals surface area (Å²) in [6.07, 6.45) is 5.82. The minimum atomic E-state index is -0.238. The second-order valence-corrected chi connectivity index (χ2v) is 3.88. The summed E-state index contributed by atoms with van der Waals surface area (Å²) in [4.78, 5) is 4.41. The molecule has 1 nitrogen and oxygen atoms in total. The lowest BCUT2D eigenvalue weighted by molar-refractivity contribution is 0.628. The fraction of sp³-hybridized carbons (Fsp3) is 0.267. The predicted molar refractivity (Wildman–Crippen MR) is 72.4 cm³/mol. The predicted octanol–water partition coefficient (Wildman–Crippen LogP) is 4.83. The lowest BCUT2D eigenvalue weighted by atomic mass is 10.1. The monoisotopic (exact) mass is 231 g/mol. The van der Waals surface area contributed by atoms with Crippen molar-refractivity contribution < 1.29 is 4.39 Å². The number of allylic oxidation sites excluding steroid dienone is 3. The number of halogens is 1. The van der Waals surface area contributed by atoms with Crippen LogP contribution >= 0.6 is 0 Å². The van der Waals surface area contributed by atoms with Gasteiger partial charge >= 0.3 is 0 Å². The van der Waals surface area contributed by atoms with E-state index in [9.17, 15) is 4.39 Å². The Bertz CT molecular complexity index is 427. The standard InChI is InChI=1S/C15H18FN/c1-4-6-13(5-2)11-12(3)17-15-9-7-14(16)8-10-15/h4,7-11H,1,5-6H2,2-3H3. The smallest absolute Gasteiger partial charge is 0.123 e. The summed E-state index contributed by atoms with van der Waals surface area (Å²) >= 11 is 0. The van der Waals surface area contributed by atoms with Crippen LogP contribution in [0.5, 0.6) is 0 Å². The molecule has 1 rings (SSSR count). The molecule has 0 aliphatic heterocycles. The van der Waals surface area contributed by atoms with Crippen molar-refractivity contribution in [2.75, 3.05) is 0 Å². The van der Waals surface area contributed by atoms with E-state index in [1.165, 1.54) is 17.7 Å². The van der Waals surface area contributed by atoms with Crippen molar-refractivity contribution in [3.8, 4) is 0 Å². The van der Waals surface area contributed by atoms with Crippen LogP contribution in [0.2, 0.25) is 0 Å². The van der Waals surface area contributed by atoms with Crippen molar-refractivity contribution in [2.45, 2.75) is 26.7 Å². The first-order valence-electron chi connectivity index (χ1n) is 5.77. The molecule has 0 heterocycles. The van der Waals surface area contributed by atoms with Crippen molar-refractivity contribution >= 4 is 11.4 Å². The van der Waals surface area contributed by atoms with Crippen molar-refractivity contribution in [1.82, 2.24) is 0 Å². The largest absolute Gasteiger partial charge is 0.254 e. The van der Waals surface area contributed by atoms with E-state index in [4.69, 9.17) is 0 Å². The average Bonchev–Trinajstić information content (AvgIpc) is 2.31. The molecule has 0 bridgehead atoms. The first-order chi connectivity index (χ1) is 8.15. The van der Waals surface area contributed by atoms with Crippen LogP contribution in [0, 0.1) is 5.82 Å². The van der Waals surface area contributed by atoms with Crippen LogP contribution < -0.4 is 0 Å². The summed E-state index contributed by atoms with van der Waals surface area (Å²) in [6.45, 7) is 7.79. The number of hydrogen-bond donors (Lipinski definition) is 0. The molecule has 0 saturated carbocycles. The summed E-state index contributed by atoms with van der Waals surface area (Å²) in [5, 5.41) is 0. The molecular formula is C15H18FN. The Kier molecular flexibility index (Phi) is 5.34. The van der Waals surface area contributed by atoms with Crippen LogP contribution in [0.25, 0.3) is 0 Å². The minimum Gasteiger partial charge on any atom is -0.254 e. The van der Waals surface area contributed by atoms with E-state index < -0.39 is 0 Å². The van der Waals surface area contributed by atoms with Gasteiger partial charge < -0.3 is 0 Å². The average molecular weight is 231 g/mol. The maximum absolute atomic E-state index is 12.7. The first-order valence-corrected chi connectivity index (χ1v) is 5.77. The van der Waals surface area contributed by atoms with Gasteiger partial charge in [-0.1, -0.05) is 18.6 Å². The Balaban J connectivity index is 2.84. The van der Waals surface area contributed by atoms with Crippen LogP contribution in [-0.2, 0) is 0 Å². The lowest BCUT2D eigenvalue weighted by Gasteiger charge is -2.01. The minimum absolute atomic E-state index is 0.238. The van der Waals surface area contributed by atoms with Gasteiger partial charge in [-0.25, -0.2) is 4.39 Å². The van der Waals surface area contributed by atoms with Crippen LogP contribution in [0.15, 0.2) is 53.6 Å². The molecular weight excluding hydrogens is 213 g/mol. The molecule has 0 unspecified atom stereocenters. The molecule has 1 aromatic carbocycles. The van der Waals surface area contributed by atoms with Gasteiger partial charge in [0.05, 0.1) is 5.69 Å². The maximum Gasteiger partial charge on any atom is 0.123 e. The number of nitrogens with zero attached hydrogens (tertiary/aromatic N) is 1. The Morgan fingerprint density at radius 1 is 1.35 bits per heavy atom. The van der Waals surface area contributed by atoms with Gasteiger partial charge in [-0.05, 0) is 50.1 Å². The maximum atomic E-state index is 12.7. The zero-order chi connectivity index (χ0) is 12.7. The van der Waals surface area contributed by atoms with Gasteiger partial charge in [0.2, 0.25) is 0 Å². The van der Waals surface area contributed by atoms with Crippen LogP contribution in [0.4, 0.5) is 10.1 Å². The molecule has 1 aromatic rings. The molecule has 0 aromatic heterocycles. The molecule has 0 saturated heterocycles.